The minimum atomic E-state index is -0.251. The smallest absolute Gasteiger partial charge is 0.165 e. The number of nitrogens with zero attached hydrogens (tertiary/aromatic N) is 1. The molecule has 0 bridgehead atoms. The average molecular weight is 253 g/mol. The van der Waals surface area contributed by atoms with E-state index in [1.807, 2.05) is 26.8 Å². The van der Waals surface area contributed by atoms with Crippen molar-refractivity contribution in [2.75, 3.05) is 20.1 Å². The molecule has 1 aromatic rings. The van der Waals surface area contributed by atoms with Crippen LogP contribution in [0, 0.1) is 12.7 Å². The fourth-order valence-electron chi connectivity index (χ4n) is 1.98. The molecule has 1 aromatic carbocycles. The lowest BCUT2D eigenvalue weighted by molar-refractivity contribution is 0.110. The maximum atomic E-state index is 13.5. The molecular weight excluding hydrogens is 229 g/mol. The van der Waals surface area contributed by atoms with Crippen molar-refractivity contribution in [3.63, 3.8) is 0 Å². The van der Waals surface area contributed by atoms with Gasteiger partial charge in [0.05, 0.1) is 0 Å². The summed E-state index contributed by atoms with van der Waals surface area (Å²) >= 11 is 0. The van der Waals surface area contributed by atoms with Crippen molar-refractivity contribution in [3.8, 4) is 5.75 Å². The highest BCUT2D eigenvalue weighted by Crippen LogP contribution is 2.22. The first-order valence-corrected chi connectivity index (χ1v) is 6.76. The fourth-order valence-corrected chi connectivity index (χ4v) is 1.98. The highest BCUT2D eigenvalue weighted by atomic mass is 19.1. The Labute approximate surface area is 110 Å². The zero-order chi connectivity index (χ0) is 13.5. The normalized spacial score (nSPS) is 16.9. The fraction of sp³-hybridized carbons (Fsp3) is 0.600. The molecule has 1 aliphatic rings. The van der Waals surface area contributed by atoms with Crippen LogP contribution in [0.3, 0.4) is 0 Å². The maximum Gasteiger partial charge on any atom is 0.165 e. The molecule has 1 fully saturated rings. The van der Waals surface area contributed by atoms with E-state index >= 15 is 0 Å². The van der Waals surface area contributed by atoms with Gasteiger partial charge in [-0.15, -0.1) is 0 Å². The largest absolute Gasteiger partial charge is 0.487 e. The van der Waals surface area contributed by atoms with E-state index in [9.17, 15) is 4.39 Å². The number of ether oxygens (including phenoxy) is 1. The second kappa shape index (κ2) is 7.37. The number of benzene rings is 1. The van der Waals surface area contributed by atoms with Gasteiger partial charge in [-0.1, -0.05) is 19.9 Å². The van der Waals surface area contributed by atoms with Crippen molar-refractivity contribution >= 4 is 0 Å². The van der Waals surface area contributed by atoms with Gasteiger partial charge in [-0.05, 0) is 44.5 Å². The monoisotopic (exact) mass is 253 g/mol. The molecule has 1 heterocycles. The van der Waals surface area contributed by atoms with Crippen LogP contribution < -0.4 is 4.74 Å². The zero-order valence-corrected chi connectivity index (χ0v) is 11.9. The van der Waals surface area contributed by atoms with Crippen LogP contribution in [0.15, 0.2) is 18.2 Å². The summed E-state index contributed by atoms with van der Waals surface area (Å²) in [6, 6.07) is 5.13. The van der Waals surface area contributed by atoms with E-state index in [0.717, 1.165) is 31.5 Å². The first kappa shape index (κ1) is 15.0. The number of hydrogen-bond acceptors (Lipinski definition) is 2. The van der Waals surface area contributed by atoms with Gasteiger partial charge in [-0.3, -0.25) is 0 Å². The molecule has 2 nitrogen and oxygen atoms in total. The minimum Gasteiger partial charge on any atom is -0.487 e. The van der Waals surface area contributed by atoms with Crippen LogP contribution >= 0.6 is 0 Å². The molecule has 0 amide bonds. The Bertz CT molecular complexity index is 360. The summed E-state index contributed by atoms with van der Waals surface area (Å²) < 4.78 is 19.2. The quantitative estimate of drug-likeness (QED) is 0.798. The van der Waals surface area contributed by atoms with Gasteiger partial charge in [0.25, 0.3) is 0 Å². The maximum absolute atomic E-state index is 13.5. The van der Waals surface area contributed by atoms with Gasteiger partial charge < -0.3 is 9.64 Å². The third-order valence-corrected chi connectivity index (χ3v) is 3.05. The topological polar surface area (TPSA) is 12.5 Å². The van der Waals surface area contributed by atoms with E-state index in [1.54, 1.807) is 6.07 Å². The first-order chi connectivity index (χ1) is 8.65. The SMILES string of the molecule is CC.Cc1ccc(OC2CCN(C)CC2)c(F)c1. The molecule has 2 rings (SSSR count). The van der Waals surface area contributed by atoms with Crippen molar-refractivity contribution in [2.45, 2.75) is 39.7 Å². The predicted molar refractivity (Wildman–Crippen MR) is 73.6 cm³/mol. The van der Waals surface area contributed by atoms with Crippen molar-refractivity contribution in [1.29, 1.82) is 0 Å². The molecule has 1 aliphatic heterocycles. The van der Waals surface area contributed by atoms with E-state index in [-0.39, 0.29) is 11.9 Å². The van der Waals surface area contributed by atoms with Crippen LogP contribution in [-0.2, 0) is 0 Å². The van der Waals surface area contributed by atoms with Crippen LogP contribution in [0.4, 0.5) is 4.39 Å². The lowest BCUT2D eigenvalue weighted by Crippen LogP contribution is -2.35. The van der Waals surface area contributed by atoms with Gasteiger partial charge in [0.1, 0.15) is 6.10 Å². The first-order valence-electron chi connectivity index (χ1n) is 6.76. The van der Waals surface area contributed by atoms with Gasteiger partial charge in [0.15, 0.2) is 11.6 Å². The standard InChI is InChI=1S/C13H18FNO.C2H6/c1-10-3-4-13(12(14)9-10)16-11-5-7-15(2)8-6-11;1-2/h3-4,9,11H,5-8H2,1-2H3;1-2H3. The zero-order valence-electron chi connectivity index (χ0n) is 11.9. The van der Waals surface area contributed by atoms with Crippen molar-refractivity contribution in [2.24, 2.45) is 0 Å². The number of likely N-dealkylation sites (tertiary alicyclic amines) is 1. The van der Waals surface area contributed by atoms with Gasteiger partial charge in [-0.2, -0.15) is 0 Å². The third-order valence-electron chi connectivity index (χ3n) is 3.05. The Balaban J connectivity index is 0.000000771. The summed E-state index contributed by atoms with van der Waals surface area (Å²) in [5.41, 5.74) is 0.924. The molecule has 18 heavy (non-hydrogen) atoms. The van der Waals surface area contributed by atoms with Crippen molar-refractivity contribution in [1.82, 2.24) is 4.90 Å². The number of rotatable bonds is 2. The predicted octanol–water partition coefficient (Wildman–Crippen LogP) is 3.63. The Morgan fingerprint density at radius 1 is 1.22 bits per heavy atom. The van der Waals surface area contributed by atoms with E-state index in [4.69, 9.17) is 4.74 Å². The Morgan fingerprint density at radius 3 is 2.39 bits per heavy atom. The van der Waals surface area contributed by atoms with Crippen LogP contribution in [0.2, 0.25) is 0 Å². The summed E-state index contributed by atoms with van der Waals surface area (Å²) in [5, 5.41) is 0. The molecular formula is C15H24FNO. The van der Waals surface area contributed by atoms with Crippen molar-refractivity contribution < 1.29 is 9.13 Å². The second-order valence-corrected chi connectivity index (χ2v) is 4.55. The van der Waals surface area contributed by atoms with Crippen LogP contribution in [0.5, 0.6) is 5.75 Å². The lowest BCUT2D eigenvalue weighted by atomic mass is 10.1. The molecule has 0 atom stereocenters. The van der Waals surface area contributed by atoms with E-state index in [0.29, 0.717) is 5.75 Å². The van der Waals surface area contributed by atoms with Crippen LogP contribution in [0.1, 0.15) is 32.3 Å². The van der Waals surface area contributed by atoms with Crippen molar-refractivity contribution in [3.05, 3.63) is 29.6 Å². The molecule has 0 aromatic heterocycles. The lowest BCUT2D eigenvalue weighted by Gasteiger charge is -2.29. The molecule has 0 aliphatic carbocycles. The third kappa shape index (κ3) is 4.30. The molecule has 102 valence electrons. The number of piperidine rings is 1. The highest BCUT2D eigenvalue weighted by molar-refractivity contribution is 5.28. The van der Waals surface area contributed by atoms with Crippen LogP contribution in [0.25, 0.3) is 0 Å². The number of halogens is 1. The number of aryl methyl sites for hydroxylation is 1. The minimum absolute atomic E-state index is 0.161. The summed E-state index contributed by atoms with van der Waals surface area (Å²) in [4.78, 5) is 2.27. The van der Waals surface area contributed by atoms with E-state index in [1.165, 1.54) is 6.07 Å². The highest BCUT2D eigenvalue weighted by Gasteiger charge is 2.19. The summed E-state index contributed by atoms with van der Waals surface area (Å²) in [7, 11) is 2.10. The molecule has 0 spiro atoms. The van der Waals surface area contributed by atoms with Gasteiger partial charge in [0, 0.05) is 13.1 Å². The molecule has 0 saturated carbocycles. The van der Waals surface area contributed by atoms with Gasteiger partial charge >= 0.3 is 0 Å². The number of hydrogen-bond donors (Lipinski definition) is 0. The molecule has 0 radical (unpaired) electrons. The molecule has 3 heteroatoms. The van der Waals surface area contributed by atoms with Gasteiger partial charge in [0.2, 0.25) is 0 Å². The molecule has 0 N–H and O–H groups in total. The Hall–Kier alpha value is -1.09. The summed E-state index contributed by atoms with van der Waals surface area (Å²) in [6.07, 6.45) is 2.11. The molecule has 0 unspecified atom stereocenters. The summed E-state index contributed by atoms with van der Waals surface area (Å²) in [6.45, 7) is 7.93. The Kier molecular flexibility index (Phi) is 6.13. The van der Waals surface area contributed by atoms with E-state index in [2.05, 4.69) is 11.9 Å². The van der Waals surface area contributed by atoms with E-state index < -0.39 is 0 Å². The average Bonchev–Trinajstić information content (AvgIpc) is 2.38. The Morgan fingerprint density at radius 2 is 1.83 bits per heavy atom. The molecule has 1 saturated heterocycles. The van der Waals surface area contributed by atoms with Gasteiger partial charge in [-0.25, -0.2) is 4.39 Å². The second-order valence-electron chi connectivity index (χ2n) is 4.55. The summed E-state index contributed by atoms with van der Waals surface area (Å²) in [5.74, 6) is 0.138. The van der Waals surface area contributed by atoms with Crippen LogP contribution in [-0.4, -0.2) is 31.1 Å².